The third-order valence-electron chi connectivity index (χ3n) is 5.77. The molecule has 3 rings (SSSR count). The van der Waals surface area contributed by atoms with E-state index >= 15 is 0 Å². The lowest BCUT2D eigenvalue weighted by atomic mass is 9.91. The molecule has 2 heterocycles. The second kappa shape index (κ2) is 7.19. The van der Waals surface area contributed by atoms with E-state index in [1.807, 2.05) is 0 Å². The van der Waals surface area contributed by atoms with E-state index < -0.39 is 0 Å². The zero-order chi connectivity index (χ0) is 20.8. The summed E-state index contributed by atoms with van der Waals surface area (Å²) in [7, 11) is 2.15. The summed E-state index contributed by atoms with van der Waals surface area (Å²) in [5.74, 6) is 0. The van der Waals surface area contributed by atoms with E-state index in [0.29, 0.717) is 0 Å². The second-order valence-corrected chi connectivity index (χ2v) is 8.73. The minimum atomic E-state index is -0.0142. The third kappa shape index (κ3) is 3.27. The molecule has 0 saturated carbocycles. The van der Waals surface area contributed by atoms with Crippen molar-refractivity contribution in [2.75, 3.05) is 29.9 Å². The molecule has 0 aliphatic heterocycles. The monoisotopic (exact) mass is 381 g/mol. The number of H-pyrrole nitrogens is 1. The van der Waals surface area contributed by atoms with Crippen molar-refractivity contribution in [2.45, 2.75) is 60.8 Å². The minimum Gasteiger partial charge on any atom is -0.372 e. The van der Waals surface area contributed by atoms with Crippen LogP contribution in [-0.4, -0.2) is 34.7 Å². The van der Waals surface area contributed by atoms with Gasteiger partial charge < -0.3 is 9.80 Å². The molecule has 1 N–H and O–H groups in total. The molecule has 0 spiro atoms. The van der Waals surface area contributed by atoms with Gasteiger partial charge in [0.05, 0.1) is 17.1 Å². The predicted octanol–water partition coefficient (Wildman–Crippen LogP) is 5.50. The minimum absolute atomic E-state index is 0.0142. The van der Waals surface area contributed by atoms with Crippen LogP contribution in [-0.2, 0) is 5.41 Å². The molecule has 0 amide bonds. The first-order chi connectivity index (χ1) is 13.1. The molecule has 0 bridgehead atoms. The zero-order valence-electron chi connectivity index (χ0n) is 18.9. The molecular formula is C23H35N5. The molecule has 28 heavy (non-hydrogen) atoms. The van der Waals surface area contributed by atoms with Crippen molar-refractivity contribution in [2.24, 2.45) is 0 Å². The van der Waals surface area contributed by atoms with Crippen molar-refractivity contribution < 1.29 is 0 Å². The highest BCUT2D eigenvalue weighted by molar-refractivity contribution is 5.81. The molecule has 0 radical (unpaired) electrons. The molecule has 0 fully saturated rings. The van der Waals surface area contributed by atoms with Gasteiger partial charge in [-0.15, -0.1) is 0 Å². The summed E-state index contributed by atoms with van der Waals surface area (Å²) >= 11 is 0. The lowest BCUT2D eigenvalue weighted by Gasteiger charge is -2.27. The molecule has 0 unspecified atom stereocenters. The van der Waals surface area contributed by atoms with E-state index in [-0.39, 0.29) is 5.41 Å². The number of fused-ring (bicyclic) bond motifs is 1. The van der Waals surface area contributed by atoms with Gasteiger partial charge in [0.2, 0.25) is 0 Å². The average molecular weight is 382 g/mol. The molecule has 0 aliphatic carbocycles. The highest BCUT2D eigenvalue weighted by Gasteiger charge is 2.28. The zero-order valence-corrected chi connectivity index (χ0v) is 18.9. The van der Waals surface area contributed by atoms with E-state index in [1.54, 1.807) is 0 Å². The van der Waals surface area contributed by atoms with Gasteiger partial charge in [-0.1, -0.05) is 20.8 Å². The summed E-state index contributed by atoms with van der Waals surface area (Å²) in [5, 5.41) is 3.62. The topological polar surface area (TPSA) is 39.6 Å². The lowest BCUT2D eigenvalue weighted by Crippen LogP contribution is -2.22. The van der Waals surface area contributed by atoms with E-state index in [2.05, 4.69) is 100 Å². The van der Waals surface area contributed by atoms with Crippen molar-refractivity contribution in [3.8, 4) is 0 Å². The summed E-state index contributed by atoms with van der Waals surface area (Å²) in [6.07, 6.45) is 0. The van der Waals surface area contributed by atoms with Gasteiger partial charge >= 0.3 is 0 Å². The standard InChI is InChI=1S/C23H35N5/c1-10-27(11-2)18-12-13-19(15(3)14-18)26(9)20-21(23(6,7)8)25-28-17(5)16(4)24-22(20)28/h12-14,25H,10-11H2,1-9H3. The Kier molecular flexibility index (Phi) is 5.22. The van der Waals surface area contributed by atoms with E-state index in [1.165, 1.54) is 22.6 Å². The molecule has 2 aromatic heterocycles. The Hall–Kier alpha value is -2.43. The van der Waals surface area contributed by atoms with Crippen LogP contribution < -0.4 is 9.80 Å². The van der Waals surface area contributed by atoms with Gasteiger partial charge in [-0.05, 0) is 58.4 Å². The van der Waals surface area contributed by atoms with Crippen LogP contribution in [0.25, 0.3) is 5.65 Å². The highest BCUT2D eigenvalue weighted by atomic mass is 15.3. The quantitative estimate of drug-likeness (QED) is 0.634. The molecule has 0 saturated heterocycles. The van der Waals surface area contributed by atoms with Crippen molar-refractivity contribution in [3.05, 3.63) is 40.8 Å². The Balaban J connectivity index is 2.16. The smallest absolute Gasteiger partial charge is 0.178 e. The summed E-state index contributed by atoms with van der Waals surface area (Å²) in [6, 6.07) is 6.76. The van der Waals surface area contributed by atoms with Gasteiger partial charge in [-0.2, -0.15) is 0 Å². The first-order valence-electron chi connectivity index (χ1n) is 10.3. The largest absolute Gasteiger partial charge is 0.372 e. The Morgan fingerprint density at radius 2 is 1.71 bits per heavy atom. The van der Waals surface area contributed by atoms with Crippen LogP contribution >= 0.6 is 0 Å². The Bertz CT molecular complexity index is 983. The molecule has 5 nitrogen and oxygen atoms in total. The second-order valence-electron chi connectivity index (χ2n) is 8.73. The number of nitrogens with zero attached hydrogens (tertiary/aromatic N) is 4. The van der Waals surface area contributed by atoms with Crippen LogP contribution in [0.2, 0.25) is 0 Å². The maximum absolute atomic E-state index is 4.88. The normalized spacial score (nSPS) is 12.0. The fraction of sp³-hybridized carbons (Fsp3) is 0.522. The number of hydrogen-bond donors (Lipinski definition) is 1. The van der Waals surface area contributed by atoms with E-state index in [4.69, 9.17) is 4.98 Å². The Morgan fingerprint density at radius 1 is 1.07 bits per heavy atom. The lowest BCUT2D eigenvalue weighted by molar-refractivity contribution is 0.562. The SMILES string of the molecule is CCN(CC)c1ccc(N(C)c2c(C(C)(C)C)[nH]n3c(C)c(C)nc23)c(C)c1. The number of imidazole rings is 1. The van der Waals surface area contributed by atoms with Gasteiger partial charge in [0.1, 0.15) is 5.69 Å². The van der Waals surface area contributed by atoms with Crippen molar-refractivity contribution >= 4 is 22.7 Å². The average Bonchev–Trinajstić information content (AvgIpc) is 3.12. The summed E-state index contributed by atoms with van der Waals surface area (Å²) in [4.78, 5) is 9.55. The molecule has 152 valence electrons. The number of benzene rings is 1. The predicted molar refractivity (Wildman–Crippen MR) is 121 cm³/mol. The first-order valence-corrected chi connectivity index (χ1v) is 10.3. The molecule has 1 aromatic carbocycles. The number of aromatic amines is 1. The van der Waals surface area contributed by atoms with Crippen molar-refractivity contribution in [1.82, 2.24) is 14.6 Å². The van der Waals surface area contributed by atoms with Gasteiger partial charge in [-0.3, -0.25) is 5.10 Å². The van der Waals surface area contributed by atoms with Gasteiger partial charge in [0.15, 0.2) is 5.65 Å². The van der Waals surface area contributed by atoms with Crippen LogP contribution in [0.3, 0.4) is 0 Å². The molecule has 0 aliphatic rings. The van der Waals surface area contributed by atoms with E-state index in [9.17, 15) is 0 Å². The number of aryl methyl sites for hydroxylation is 3. The molecule has 5 heteroatoms. The number of aromatic nitrogens is 3. The first kappa shape index (κ1) is 20.3. The Labute approximate surface area is 169 Å². The molecule has 3 aromatic rings. The number of hydrogen-bond acceptors (Lipinski definition) is 3. The van der Waals surface area contributed by atoms with E-state index in [0.717, 1.165) is 35.8 Å². The number of rotatable bonds is 5. The molecular weight excluding hydrogens is 346 g/mol. The summed E-state index contributed by atoms with van der Waals surface area (Å²) < 4.78 is 2.13. The van der Waals surface area contributed by atoms with Crippen molar-refractivity contribution in [1.29, 1.82) is 0 Å². The van der Waals surface area contributed by atoms with Crippen LogP contribution in [0.1, 0.15) is 57.3 Å². The summed E-state index contributed by atoms with van der Waals surface area (Å²) in [6.45, 7) is 19.6. The van der Waals surface area contributed by atoms with Crippen LogP contribution in [0.4, 0.5) is 17.1 Å². The van der Waals surface area contributed by atoms with Crippen LogP contribution in [0, 0.1) is 20.8 Å². The molecule has 0 atom stereocenters. The van der Waals surface area contributed by atoms with Gasteiger partial charge in [-0.25, -0.2) is 9.50 Å². The number of anilines is 3. The summed E-state index contributed by atoms with van der Waals surface area (Å²) in [5.41, 5.74) is 9.32. The van der Waals surface area contributed by atoms with Crippen LogP contribution in [0.15, 0.2) is 18.2 Å². The Morgan fingerprint density at radius 3 is 2.25 bits per heavy atom. The van der Waals surface area contributed by atoms with Crippen molar-refractivity contribution in [3.63, 3.8) is 0 Å². The van der Waals surface area contributed by atoms with Crippen LogP contribution in [0.5, 0.6) is 0 Å². The third-order valence-corrected chi connectivity index (χ3v) is 5.77. The van der Waals surface area contributed by atoms with Gasteiger partial charge in [0, 0.05) is 36.9 Å². The maximum Gasteiger partial charge on any atom is 0.178 e. The fourth-order valence-corrected chi connectivity index (χ4v) is 3.95. The fourth-order valence-electron chi connectivity index (χ4n) is 3.95. The maximum atomic E-state index is 4.88. The highest BCUT2D eigenvalue weighted by Crippen LogP contribution is 2.39. The van der Waals surface area contributed by atoms with Gasteiger partial charge in [0.25, 0.3) is 0 Å². The number of nitrogens with one attached hydrogen (secondary N) is 1.